The summed E-state index contributed by atoms with van der Waals surface area (Å²) < 4.78 is 23.4. The predicted molar refractivity (Wildman–Crippen MR) is 68.3 cm³/mol. The molecule has 0 aliphatic carbocycles. The lowest BCUT2D eigenvalue weighted by molar-refractivity contribution is -0.119. The van der Waals surface area contributed by atoms with Crippen LogP contribution < -0.4 is 5.32 Å². The fourth-order valence-corrected chi connectivity index (χ4v) is 2.69. The summed E-state index contributed by atoms with van der Waals surface area (Å²) in [4.78, 5) is 15.9. The van der Waals surface area contributed by atoms with Crippen molar-refractivity contribution in [1.82, 2.24) is 5.32 Å². The number of aliphatic imine (C=N–C) groups is 1. The Morgan fingerprint density at radius 3 is 2.72 bits per heavy atom. The van der Waals surface area contributed by atoms with E-state index in [4.69, 9.17) is 0 Å². The van der Waals surface area contributed by atoms with Crippen molar-refractivity contribution in [2.24, 2.45) is 4.99 Å². The number of nitrogens with one attached hydrogen (secondary N) is 1. The maximum Gasteiger partial charge on any atom is 0.225 e. The van der Waals surface area contributed by atoms with E-state index in [1.807, 2.05) is 0 Å². The molecule has 1 aliphatic heterocycles. The molecule has 0 aromatic heterocycles. The minimum absolute atomic E-state index is 0.130. The highest BCUT2D eigenvalue weighted by molar-refractivity contribution is 7.90. The molecule has 1 aromatic carbocycles. The number of benzene rings is 1. The SMILES string of the molecule is CS(=O)(=O)c1ccccc1C1=NCCCC(=O)N1. The van der Waals surface area contributed by atoms with E-state index in [0.717, 1.165) is 6.26 Å². The topological polar surface area (TPSA) is 75.6 Å². The summed E-state index contributed by atoms with van der Waals surface area (Å²) in [6, 6.07) is 6.55. The molecule has 2 rings (SSSR count). The second kappa shape index (κ2) is 4.89. The zero-order valence-corrected chi connectivity index (χ0v) is 10.8. The fourth-order valence-electron chi connectivity index (χ4n) is 1.80. The van der Waals surface area contributed by atoms with Gasteiger partial charge in [-0.1, -0.05) is 12.1 Å². The molecule has 0 saturated heterocycles. The standard InChI is InChI=1S/C12H14N2O3S/c1-18(16,17)10-6-3-2-5-9(10)12-13-8-4-7-11(15)14-12/h2-3,5-6H,4,7-8H2,1H3,(H,13,14,15). The van der Waals surface area contributed by atoms with Gasteiger partial charge in [0.15, 0.2) is 9.84 Å². The van der Waals surface area contributed by atoms with Crippen molar-refractivity contribution in [2.75, 3.05) is 12.8 Å². The lowest BCUT2D eigenvalue weighted by atomic mass is 10.2. The Kier molecular flexibility index (Phi) is 3.47. The summed E-state index contributed by atoms with van der Waals surface area (Å²) in [6.07, 6.45) is 2.23. The van der Waals surface area contributed by atoms with Gasteiger partial charge in [-0.2, -0.15) is 0 Å². The molecule has 0 atom stereocenters. The maximum atomic E-state index is 11.7. The minimum atomic E-state index is -3.34. The molecule has 5 nitrogen and oxygen atoms in total. The number of nitrogens with zero attached hydrogens (tertiary/aromatic N) is 1. The van der Waals surface area contributed by atoms with Gasteiger partial charge < -0.3 is 5.32 Å². The molecule has 1 amide bonds. The van der Waals surface area contributed by atoms with Crippen LogP contribution >= 0.6 is 0 Å². The molecule has 96 valence electrons. The normalized spacial score (nSPS) is 16.7. The Morgan fingerprint density at radius 1 is 1.28 bits per heavy atom. The van der Waals surface area contributed by atoms with Gasteiger partial charge in [0, 0.05) is 24.8 Å². The predicted octanol–water partition coefficient (Wildman–Crippen LogP) is 0.747. The third-order valence-electron chi connectivity index (χ3n) is 2.63. The number of carbonyl (C=O) groups excluding carboxylic acids is 1. The number of sulfone groups is 1. The van der Waals surface area contributed by atoms with Crippen LogP contribution in [0.3, 0.4) is 0 Å². The Labute approximate surface area is 106 Å². The third-order valence-corrected chi connectivity index (χ3v) is 3.79. The summed E-state index contributed by atoms with van der Waals surface area (Å²) in [5.41, 5.74) is 0.454. The molecule has 0 spiro atoms. The van der Waals surface area contributed by atoms with E-state index in [1.54, 1.807) is 18.2 Å². The summed E-state index contributed by atoms with van der Waals surface area (Å²) in [6.45, 7) is 0.520. The van der Waals surface area contributed by atoms with E-state index in [9.17, 15) is 13.2 Å². The van der Waals surface area contributed by atoms with Crippen molar-refractivity contribution >= 4 is 21.6 Å². The molecule has 18 heavy (non-hydrogen) atoms. The van der Waals surface area contributed by atoms with Gasteiger partial charge in [-0.3, -0.25) is 9.79 Å². The highest BCUT2D eigenvalue weighted by Crippen LogP contribution is 2.16. The number of hydrogen-bond acceptors (Lipinski definition) is 4. The summed E-state index contributed by atoms with van der Waals surface area (Å²) in [7, 11) is -3.34. The Bertz CT molecular complexity index is 606. The van der Waals surface area contributed by atoms with E-state index in [0.29, 0.717) is 30.8 Å². The Morgan fingerprint density at radius 2 is 2.00 bits per heavy atom. The molecule has 1 heterocycles. The first kappa shape index (κ1) is 12.8. The summed E-state index contributed by atoms with van der Waals surface area (Å²) >= 11 is 0. The molecule has 0 unspecified atom stereocenters. The molecule has 1 aromatic rings. The van der Waals surface area contributed by atoms with Crippen LogP contribution in [0.1, 0.15) is 18.4 Å². The third kappa shape index (κ3) is 2.76. The zero-order chi connectivity index (χ0) is 13.2. The first-order valence-corrected chi connectivity index (χ1v) is 7.51. The van der Waals surface area contributed by atoms with Crippen molar-refractivity contribution in [3.8, 4) is 0 Å². The molecule has 0 radical (unpaired) electrons. The van der Waals surface area contributed by atoms with Crippen LogP contribution in [-0.2, 0) is 14.6 Å². The van der Waals surface area contributed by atoms with Crippen molar-refractivity contribution < 1.29 is 13.2 Å². The van der Waals surface area contributed by atoms with Crippen LogP contribution in [0.25, 0.3) is 0 Å². The minimum Gasteiger partial charge on any atom is -0.310 e. The van der Waals surface area contributed by atoms with Crippen LogP contribution in [0.5, 0.6) is 0 Å². The van der Waals surface area contributed by atoms with E-state index in [-0.39, 0.29) is 10.8 Å². The van der Waals surface area contributed by atoms with Crippen LogP contribution in [0.15, 0.2) is 34.2 Å². The van der Waals surface area contributed by atoms with E-state index < -0.39 is 9.84 Å². The van der Waals surface area contributed by atoms with Crippen LogP contribution in [-0.4, -0.2) is 33.0 Å². The van der Waals surface area contributed by atoms with Crippen molar-refractivity contribution in [3.63, 3.8) is 0 Å². The lowest BCUT2D eigenvalue weighted by Gasteiger charge is -2.10. The highest BCUT2D eigenvalue weighted by Gasteiger charge is 2.19. The number of carbonyl (C=O) groups is 1. The van der Waals surface area contributed by atoms with Crippen molar-refractivity contribution in [1.29, 1.82) is 0 Å². The number of rotatable bonds is 2. The summed E-state index contributed by atoms with van der Waals surface area (Å²) in [5.74, 6) is 0.216. The molecule has 6 heteroatoms. The summed E-state index contributed by atoms with van der Waals surface area (Å²) in [5, 5.41) is 2.65. The van der Waals surface area contributed by atoms with Crippen LogP contribution in [0, 0.1) is 0 Å². The lowest BCUT2D eigenvalue weighted by Crippen LogP contribution is -2.30. The van der Waals surface area contributed by atoms with Gasteiger partial charge in [0.1, 0.15) is 5.84 Å². The van der Waals surface area contributed by atoms with Gasteiger partial charge in [-0.15, -0.1) is 0 Å². The second-order valence-corrected chi connectivity index (χ2v) is 6.13. The molecule has 0 saturated carbocycles. The molecular weight excluding hydrogens is 252 g/mol. The maximum absolute atomic E-state index is 11.7. The van der Waals surface area contributed by atoms with E-state index in [1.165, 1.54) is 6.07 Å². The number of amidine groups is 1. The van der Waals surface area contributed by atoms with E-state index >= 15 is 0 Å². The first-order valence-electron chi connectivity index (χ1n) is 5.62. The largest absolute Gasteiger partial charge is 0.310 e. The first-order chi connectivity index (χ1) is 8.48. The van der Waals surface area contributed by atoms with Gasteiger partial charge in [0.05, 0.1) is 4.90 Å². The highest BCUT2D eigenvalue weighted by atomic mass is 32.2. The molecule has 1 aliphatic rings. The molecule has 1 N–H and O–H groups in total. The van der Waals surface area contributed by atoms with Gasteiger partial charge in [-0.05, 0) is 18.6 Å². The van der Waals surface area contributed by atoms with Crippen molar-refractivity contribution in [3.05, 3.63) is 29.8 Å². The van der Waals surface area contributed by atoms with Crippen LogP contribution in [0.4, 0.5) is 0 Å². The van der Waals surface area contributed by atoms with E-state index in [2.05, 4.69) is 10.3 Å². The molecule has 0 bridgehead atoms. The average molecular weight is 266 g/mol. The van der Waals surface area contributed by atoms with Crippen LogP contribution in [0.2, 0.25) is 0 Å². The van der Waals surface area contributed by atoms with Gasteiger partial charge in [-0.25, -0.2) is 8.42 Å². The van der Waals surface area contributed by atoms with Gasteiger partial charge >= 0.3 is 0 Å². The number of amides is 1. The van der Waals surface area contributed by atoms with Crippen molar-refractivity contribution in [2.45, 2.75) is 17.7 Å². The second-order valence-electron chi connectivity index (χ2n) is 4.15. The monoisotopic (exact) mass is 266 g/mol. The zero-order valence-electron chi connectivity index (χ0n) is 10.0. The Balaban J connectivity index is 2.51. The Hall–Kier alpha value is -1.69. The smallest absolute Gasteiger partial charge is 0.225 e. The quantitative estimate of drug-likeness (QED) is 0.858. The number of hydrogen-bond donors (Lipinski definition) is 1. The fraction of sp³-hybridized carbons (Fsp3) is 0.333. The molecule has 0 fully saturated rings. The van der Waals surface area contributed by atoms with Gasteiger partial charge in [0.2, 0.25) is 5.91 Å². The van der Waals surface area contributed by atoms with Gasteiger partial charge in [0.25, 0.3) is 0 Å². The average Bonchev–Trinajstić information content (AvgIpc) is 2.53. The molecular formula is C12H14N2O3S.